The molecule has 1 saturated heterocycles. The molecule has 0 saturated carbocycles. The van der Waals surface area contributed by atoms with Crippen molar-refractivity contribution >= 4 is 27.3 Å². The smallest absolute Gasteiger partial charge is 0.264 e. The van der Waals surface area contributed by atoms with Gasteiger partial charge in [-0.25, -0.2) is 8.42 Å². The molecule has 136 valence electrons. The SMILES string of the molecule is CN1c2c#cccc2C(NCC2CCOC2)c2ccc(Cl)cc2S1(=O)=O. The summed E-state index contributed by atoms with van der Waals surface area (Å²) in [6.07, 6.45) is 1.01. The van der Waals surface area contributed by atoms with Crippen LogP contribution >= 0.6 is 11.6 Å². The average molecular weight is 391 g/mol. The third kappa shape index (κ3) is 2.95. The third-order valence-corrected chi connectivity index (χ3v) is 7.04. The lowest BCUT2D eigenvalue weighted by molar-refractivity contribution is 0.185. The van der Waals surface area contributed by atoms with E-state index in [4.69, 9.17) is 16.3 Å². The van der Waals surface area contributed by atoms with Crippen molar-refractivity contribution in [3.05, 3.63) is 58.6 Å². The van der Waals surface area contributed by atoms with Crippen molar-refractivity contribution in [1.29, 1.82) is 0 Å². The molecule has 5 nitrogen and oxygen atoms in total. The molecule has 2 aliphatic rings. The van der Waals surface area contributed by atoms with E-state index < -0.39 is 10.0 Å². The molecular formula is C19H19ClN2O3S. The molecule has 0 radical (unpaired) electrons. The monoisotopic (exact) mass is 390 g/mol. The highest BCUT2D eigenvalue weighted by Crippen LogP contribution is 2.40. The van der Waals surface area contributed by atoms with Gasteiger partial charge in [0.05, 0.1) is 17.5 Å². The van der Waals surface area contributed by atoms with Gasteiger partial charge < -0.3 is 10.1 Å². The number of nitrogens with zero attached hydrogens (tertiary/aromatic N) is 1. The van der Waals surface area contributed by atoms with E-state index in [9.17, 15) is 8.42 Å². The van der Waals surface area contributed by atoms with Gasteiger partial charge in [0.15, 0.2) is 0 Å². The summed E-state index contributed by atoms with van der Waals surface area (Å²) < 4.78 is 33.0. The molecule has 0 bridgehead atoms. The van der Waals surface area contributed by atoms with Gasteiger partial charge in [-0.05, 0) is 48.2 Å². The molecule has 2 aliphatic heterocycles. The second-order valence-electron chi connectivity index (χ2n) is 6.63. The van der Waals surface area contributed by atoms with E-state index in [0.717, 1.165) is 31.7 Å². The molecule has 2 atom stereocenters. The van der Waals surface area contributed by atoms with Gasteiger partial charge in [0.25, 0.3) is 10.0 Å². The number of benzene rings is 1. The lowest BCUT2D eigenvalue weighted by Crippen LogP contribution is -2.28. The highest BCUT2D eigenvalue weighted by molar-refractivity contribution is 7.92. The first-order valence-corrected chi connectivity index (χ1v) is 10.3. The Hall–Kier alpha value is -1.78. The Morgan fingerprint density at radius 3 is 2.96 bits per heavy atom. The molecule has 2 aromatic carbocycles. The number of hydrogen-bond acceptors (Lipinski definition) is 4. The van der Waals surface area contributed by atoms with Crippen LogP contribution in [0.3, 0.4) is 0 Å². The number of fused-ring (bicyclic) bond motifs is 2. The molecule has 2 unspecified atom stereocenters. The fourth-order valence-corrected chi connectivity index (χ4v) is 5.22. The molecule has 0 amide bonds. The zero-order valence-corrected chi connectivity index (χ0v) is 15.9. The lowest BCUT2D eigenvalue weighted by atomic mass is 9.96. The molecule has 1 N–H and O–H groups in total. The minimum Gasteiger partial charge on any atom is -0.381 e. The number of anilines is 1. The van der Waals surface area contributed by atoms with Crippen LogP contribution in [0.4, 0.5) is 5.69 Å². The van der Waals surface area contributed by atoms with Gasteiger partial charge in [0.2, 0.25) is 0 Å². The molecule has 4 rings (SSSR count). The van der Waals surface area contributed by atoms with E-state index in [1.165, 1.54) is 17.4 Å². The van der Waals surface area contributed by atoms with Crippen molar-refractivity contribution in [1.82, 2.24) is 5.32 Å². The molecule has 1 fully saturated rings. The maximum Gasteiger partial charge on any atom is 0.264 e. The maximum absolute atomic E-state index is 13.1. The van der Waals surface area contributed by atoms with Crippen molar-refractivity contribution in [2.45, 2.75) is 17.4 Å². The van der Waals surface area contributed by atoms with Crippen LogP contribution in [0.5, 0.6) is 0 Å². The fraction of sp³-hybridized carbons (Fsp3) is 0.368. The van der Waals surface area contributed by atoms with Crippen LogP contribution in [0.25, 0.3) is 0 Å². The van der Waals surface area contributed by atoms with E-state index in [0.29, 0.717) is 22.2 Å². The lowest BCUT2D eigenvalue weighted by Gasteiger charge is -2.22. The Kier molecular flexibility index (Phi) is 4.57. The standard InChI is InChI=1S/C19H19ClN2O3S/c1-22-17-5-3-2-4-15(17)19(21-11-13-8-9-25-12-13)16-7-6-14(20)10-18(16)26(22,23)24/h2,4,6-7,10,13,19,21H,8-9,11-12H2,1H3. The van der Waals surface area contributed by atoms with E-state index in [1.54, 1.807) is 18.2 Å². The molecule has 0 spiro atoms. The average Bonchev–Trinajstić information content (AvgIpc) is 3.14. The summed E-state index contributed by atoms with van der Waals surface area (Å²) in [7, 11) is -2.19. The molecular weight excluding hydrogens is 372 g/mol. The number of ether oxygens (including phenoxy) is 1. The van der Waals surface area contributed by atoms with Crippen LogP contribution < -0.4 is 9.62 Å². The van der Waals surface area contributed by atoms with Crippen LogP contribution in [0, 0.1) is 18.1 Å². The maximum atomic E-state index is 13.1. The van der Waals surface area contributed by atoms with Gasteiger partial charge in [-0.1, -0.05) is 23.7 Å². The van der Waals surface area contributed by atoms with Crippen LogP contribution in [0.15, 0.2) is 35.2 Å². The zero-order chi connectivity index (χ0) is 18.3. The second kappa shape index (κ2) is 6.75. The number of halogens is 1. The Labute approximate surface area is 159 Å². The van der Waals surface area contributed by atoms with Gasteiger partial charge in [-0.15, -0.1) is 0 Å². The molecule has 0 aliphatic carbocycles. The third-order valence-electron chi connectivity index (χ3n) is 5.00. The predicted molar refractivity (Wildman–Crippen MR) is 99.9 cm³/mol. The van der Waals surface area contributed by atoms with E-state index >= 15 is 0 Å². The molecule has 2 aromatic rings. The molecule has 7 heteroatoms. The van der Waals surface area contributed by atoms with Crippen LogP contribution in [-0.2, 0) is 14.8 Å². The van der Waals surface area contributed by atoms with Crippen molar-refractivity contribution in [3.63, 3.8) is 0 Å². The van der Waals surface area contributed by atoms with Gasteiger partial charge in [-0.2, -0.15) is 0 Å². The zero-order valence-electron chi connectivity index (χ0n) is 14.3. The number of sulfonamides is 1. The van der Waals surface area contributed by atoms with Gasteiger partial charge in [-0.3, -0.25) is 4.31 Å². The molecule has 0 aromatic heterocycles. The van der Waals surface area contributed by atoms with E-state index in [-0.39, 0.29) is 10.9 Å². The van der Waals surface area contributed by atoms with Crippen LogP contribution in [0.2, 0.25) is 5.02 Å². The van der Waals surface area contributed by atoms with Crippen LogP contribution in [-0.4, -0.2) is 35.2 Å². The van der Waals surface area contributed by atoms with Crippen molar-refractivity contribution in [2.24, 2.45) is 5.92 Å². The Bertz CT molecular complexity index is 926. The first-order chi connectivity index (χ1) is 12.5. The fourth-order valence-electron chi connectivity index (χ4n) is 3.54. The van der Waals surface area contributed by atoms with E-state index in [1.807, 2.05) is 6.07 Å². The summed E-state index contributed by atoms with van der Waals surface area (Å²) in [5.41, 5.74) is 2.05. The Morgan fingerprint density at radius 2 is 2.19 bits per heavy atom. The van der Waals surface area contributed by atoms with Crippen molar-refractivity contribution in [2.75, 3.05) is 31.1 Å². The van der Waals surface area contributed by atoms with Gasteiger partial charge in [0.1, 0.15) is 5.69 Å². The second-order valence-corrected chi connectivity index (χ2v) is 9.01. The van der Waals surface area contributed by atoms with E-state index in [2.05, 4.69) is 17.4 Å². The highest BCUT2D eigenvalue weighted by atomic mass is 35.5. The largest absolute Gasteiger partial charge is 0.381 e. The number of nitrogens with one attached hydrogen (secondary N) is 1. The van der Waals surface area contributed by atoms with Gasteiger partial charge >= 0.3 is 0 Å². The predicted octanol–water partition coefficient (Wildman–Crippen LogP) is 2.79. The summed E-state index contributed by atoms with van der Waals surface area (Å²) >= 11 is 6.11. The number of rotatable bonds is 3. The van der Waals surface area contributed by atoms with Crippen LogP contribution in [0.1, 0.15) is 23.6 Å². The summed E-state index contributed by atoms with van der Waals surface area (Å²) in [6.45, 7) is 2.25. The first-order valence-electron chi connectivity index (χ1n) is 8.50. The Morgan fingerprint density at radius 1 is 1.35 bits per heavy atom. The summed E-state index contributed by atoms with van der Waals surface area (Å²) in [6, 6.07) is 14.2. The molecule has 26 heavy (non-hydrogen) atoms. The normalized spacial score (nSPS) is 23.7. The Balaban J connectivity index is 1.85. The highest BCUT2D eigenvalue weighted by Gasteiger charge is 2.35. The topological polar surface area (TPSA) is 58.6 Å². The summed E-state index contributed by atoms with van der Waals surface area (Å²) in [5.74, 6) is 0.422. The van der Waals surface area contributed by atoms with Gasteiger partial charge in [0, 0.05) is 30.8 Å². The quantitative estimate of drug-likeness (QED) is 0.875. The molecule has 2 heterocycles. The van der Waals surface area contributed by atoms with Crippen molar-refractivity contribution in [3.8, 4) is 0 Å². The minimum absolute atomic E-state index is 0.220. The van der Waals surface area contributed by atoms with Crippen molar-refractivity contribution < 1.29 is 13.2 Å². The number of hydrogen-bond donors (Lipinski definition) is 1. The summed E-state index contributed by atoms with van der Waals surface area (Å²) in [4.78, 5) is 0.220. The summed E-state index contributed by atoms with van der Waals surface area (Å²) in [5, 5.41) is 3.94. The minimum atomic E-state index is -3.73. The first kappa shape index (κ1) is 17.6.